The van der Waals surface area contributed by atoms with Gasteiger partial charge < -0.3 is 0 Å². The zero-order valence-corrected chi connectivity index (χ0v) is 16.0. The molecule has 0 heterocycles. The van der Waals surface area contributed by atoms with E-state index in [4.69, 9.17) is 11.6 Å². The molecule has 0 aliphatic heterocycles. The van der Waals surface area contributed by atoms with E-state index in [0.717, 1.165) is 5.03 Å². The fourth-order valence-electron chi connectivity index (χ4n) is 3.93. The minimum absolute atomic E-state index is 0.448. The molecule has 1 aliphatic carbocycles. The van der Waals surface area contributed by atoms with Crippen molar-refractivity contribution < 1.29 is 0 Å². The van der Waals surface area contributed by atoms with Crippen LogP contribution < -0.4 is 0 Å². The molecule has 0 amide bonds. The average molecular weight is 348 g/mol. The van der Waals surface area contributed by atoms with Gasteiger partial charge in [-0.2, -0.15) is 0 Å². The van der Waals surface area contributed by atoms with E-state index in [-0.39, 0.29) is 0 Å². The molecule has 2 heteroatoms. The molecule has 3 aromatic carbocycles. The van der Waals surface area contributed by atoms with E-state index in [1.54, 1.807) is 0 Å². The molecule has 0 saturated carbocycles. The molecule has 0 nitrogen and oxygen atoms in total. The third kappa shape index (κ3) is 2.35. The maximum atomic E-state index is 6.93. The second-order valence-electron chi connectivity index (χ2n) is 6.86. The van der Waals surface area contributed by atoms with Crippen molar-refractivity contribution in [2.75, 3.05) is 0 Å². The Morgan fingerprint density at radius 3 is 2.38 bits per heavy atom. The molecule has 1 atom stereocenters. The highest BCUT2D eigenvalue weighted by atomic mass is 35.5. The summed E-state index contributed by atoms with van der Waals surface area (Å²) in [5.74, 6) is 0. The standard InChI is InChI=1S/C22H20ClSi/c1-14-12-15-8-4-5-9-16(15)19(13-14)20-21(23)17-10-6-7-11-18(17)22(20)24(2)3/h4-13,22H,1-3H3. The lowest BCUT2D eigenvalue weighted by Gasteiger charge is -2.21. The van der Waals surface area contributed by atoms with Crippen LogP contribution >= 0.6 is 11.6 Å². The Kier molecular flexibility index (Phi) is 3.86. The Morgan fingerprint density at radius 1 is 0.875 bits per heavy atom. The van der Waals surface area contributed by atoms with Gasteiger partial charge in [-0.25, -0.2) is 0 Å². The van der Waals surface area contributed by atoms with E-state index in [0.29, 0.717) is 5.54 Å². The predicted molar refractivity (Wildman–Crippen MR) is 108 cm³/mol. The minimum Gasteiger partial charge on any atom is -0.0833 e. The first-order valence-corrected chi connectivity index (χ1v) is 11.3. The maximum Gasteiger partial charge on any atom is 0.0557 e. The molecule has 24 heavy (non-hydrogen) atoms. The number of hydrogen-bond donors (Lipinski definition) is 0. The van der Waals surface area contributed by atoms with E-state index in [1.807, 2.05) is 0 Å². The first kappa shape index (κ1) is 15.7. The van der Waals surface area contributed by atoms with Crippen molar-refractivity contribution in [3.63, 3.8) is 0 Å². The SMILES string of the molecule is Cc1cc(C2=C(Cl)c3ccccc3C2[Si](C)C)c2ccccc2c1. The number of aryl methyl sites for hydroxylation is 1. The summed E-state index contributed by atoms with van der Waals surface area (Å²) in [5, 5.41) is 3.54. The van der Waals surface area contributed by atoms with E-state index in [1.165, 1.54) is 38.6 Å². The molecule has 1 aliphatic rings. The Balaban J connectivity index is 2.05. The van der Waals surface area contributed by atoms with Crippen LogP contribution in [0, 0.1) is 6.92 Å². The number of allylic oxidation sites excluding steroid dienone is 1. The van der Waals surface area contributed by atoms with Crippen LogP contribution in [-0.4, -0.2) is 8.80 Å². The van der Waals surface area contributed by atoms with Crippen molar-refractivity contribution in [1.29, 1.82) is 0 Å². The summed E-state index contributed by atoms with van der Waals surface area (Å²) in [4.78, 5) is 0. The fourth-order valence-corrected chi connectivity index (χ4v) is 6.16. The third-order valence-corrected chi connectivity index (χ3v) is 7.07. The van der Waals surface area contributed by atoms with E-state index >= 15 is 0 Å². The van der Waals surface area contributed by atoms with Gasteiger partial charge in [0.2, 0.25) is 0 Å². The van der Waals surface area contributed by atoms with E-state index in [2.05, 4.69) is 80.7 Å². The molecule has 1 radical (unpaired) electrons. The molecule has 0 fully saturated rings. The highest BCUT2D eigenvalue weighted by Gasteiger charge is 2.34. The van der Waals surface area contributed by atoms with Crippen molar-refractivity contribution in [2.45, 2.75) is 25.6 Å². The molecule has 1 unspecified atom stereocenters. The van der Waals surface area contributed by atoms with Crippen LogP contribution in [-0.2, 0) is 0 Å². The number of rotatable bonds is 2. The van der Waals surface area contributed by atoms with Crippen LogP contribution in [0.4, 0.5) is 0 Å². The van der Waals surface area contributed by atoms with Gasteiger partial charge in [0.1, 0.15) is 0 Å². The van der Waals surface area contributed by atoms with Crippen molar-refractivity contribution in [1.82, 2.24) is 0 Å². The van der Waals surface area contributed by atoms with Gasteiger partial charge in [-0.1, -0.05) is 85.4 Å². The smallest absolute Gasteiger partial charge is 0.0557 e. The van der Waals surface area contributed by atoms with Crippen LogP contribution in [0.2, 0.25) is 13.1 Å². The van der Waals surface area contributed by atoms with Gasteiger partial charge in [-0.3, -0.25) is 0 Å². The summed E-state index contributed by atoms with van der Waals surface area (Å²) < 4.78 is 0. The average Bonchev–Trinajstić information content (AvgIpc) is 2.87. The van der Waals surface area contributed by atoms with Crippen LogP contribution in [0.1, 0.15) is 27.8 Å². The van der Waals surface area contributed by atoms with Crippen LogP contribution in [0.15, 0.2) is 60.7 Å². The zero-order valence-electron chi connectivity index (χ0n) is 14.2. The molecule has 4 rings (SSSR count). The van der Waals surface area contributed by atoms with Gasteiger partial charge in [0.05, 0.1) is 13.8 Å². The minimum atomic E-state index is -0.575. The molecule has 0 spiro atoms. The topological polar surface area (TPSA) is 0 Å². The number of hydrogen-bond acceptors (Lipinski definition) is 0. The van der Waals surface area contributed by atoms with Crippen molar-refractivity contribution in [2.24, 2.45) is 0 Å². The number of fused-ring (bicyclic) bond motifs is 2. The predicted octanol–water partition coefficient (Wildman–Crippen LogP) is 6.65. The van der Waals surface area contributed by atoms with Gasteiger partial charge in [0.15, 0.2) is 0 Å². The second-order valence-corrected chi connectivity index (χ2v) is 9.97. The summed E-state index contributed by atoms with van der Waals surface area (Å²) in [6, 6.07) is 21.9. The molecule has 119 valence electrons. The third-order valence-electron chi connectivity index (χ3n) is 4.91. The Hall–Kier alpha value is -1.83. The Morgan fingerprint density at radius 2 is 1.58 bits per heavy atom. The lowest BCUT2D eigenvalue weighted by molar-refractivity contribution is 1.21. The van der Waals surface area contributed by atoms with Gasteiger partial charge in [0.25, 0.3) is 0 Å². The van der Waals surface area contributed by atoms with Crippen LogP contribution in [0.3, 0.4) is 0 Å². The lowest BCUT2D eigenvalue weighted by atomic mass is 9.94. The van der Waals surface area contributed by atoms with E-state index in [9.17, 15) is 0 Å². The molecular weight excluding hydrogens is 328 g/mol. The first-order chi connectivity index (χ1) is 11.6. The quantitative estimate of drug-likeness (QED) is 0.455. The number of halogens is 1. The van der Waals surface area contributed by atoms with Gasteiger partial charge in [0, 0.05) is 5.54 Å². The molecule has 0 saturated heterocycles. The molecular formula is C22H20ClSi. The summed E-state index contributed by atoms with van der Waals surface area (Å²) in [6.45, 7) is 6.95. The maximum absolute atomic E-state index is 6.93. The fraction of sp³-hybridized carbons (Fsp3) is 0.182. The Bertz CT molecular complexity index is 969. The molecule has 0 bridgehead atoms. The van der Waals surface area contributed by atoms with Crippen LogP contribution in [0.25, 0.3) is 21.4 Å². The summed E-state index contributed by atoms with van der Waals surface area (Å²) in [7, 11) is -0.575. The first-order valence-electron chi connectivity index (χ1n) is 8.36. The van der Waals surface area contributed by atoms with Crippen molar-refractivity contribution in [3.8, 4) is 0 Å². The van der Waals surface area contributed by atoms with Gasteiger partial charge in [-0.15, -0.1) is 0 Å². The van der Waals surface area contributed by atoms with E-state index < -0.39 is 8.80 Å². The second kappa shape index (κ2) is 5.91. The largest absolute Gasteiger partial charge is 0.0833 e. The summed E-state index contributed by atoms with van der Waals surface area (Å²) in [6.07, 6.45) is 0. The van der Waals surface area contributed by atoms with Gasteiger partial charge >= 0.3 is 0 Å². The van der Waals surface area contributed by atoms with Crippen LogP contribution in [0.5, 0.6) is 0 Å². The van der Waals surface area contributed by atoms with Crippen molar-refractivity contribution in [3.05, 3.63) is 82.9 Å². The normalized spacial score (nSPS) is 17.0. The monoisotopic (exact) mass is 347 g/mol. The highest BCUT2D eigenvalue weighted by Crippen LogP contribution is 2.51. The highest BCUT2D eigenvalue weighted by molar-refractivity contribution is 6.64. The summed E-state index contributed by atoms with van der Waals surface area (Å²) in [5.41, 5.74) is 7.00. The lowest BCUT2D eigenvalue weighted by Crippen LogP contribution is -2.16. The molecule has 0 N–H and O–H groups in total. The van der Waals surface area contributed by atoms with Crippen molar-refractivity contribution >= 4 is 41.8 Å². The zero-order chi connectivity index (χ0) is 16.8. The summed E-state index contributed by atoms with van der Waals surface area (Å²) >= 11 is 6.93. The molecule has 0 aromatic heterocycles. The number of benzene rings is 3. The Labute approximate surface area is 150 Å². The molecule has 3 aromatic rings. The van der Waals surface area contributed by atoms with Gasteiger partial charge in [-0.05, 0) is 45.5 Å².